The van der Waals surface area contributed by atoms with Crippen molar-refractivity contribution in [2.45, 2.75) is 44.9 Å². The second kappa shape index (κ2) is 5.36. The lowest BCUT2D eigenvalue weighted by Gasteiger charge is -2.31. The monoisotopic (exact) mass is 258 g/mol. The molecule has 1 fully saturated rings. The van der Waals surface area contributed by atoms with Gasteiger partial charge in [0.2, 0.25) is 0 Å². The number of ketones is 1. The van der Waals surface area contributed by atoms with Crippen molar-refractivity contribution in [1.29, 1.82) is 0 Å². The van der Waals surface area contributed by atoms with Gasteiger partial charge in [0, 0.05) is 17.4 Å². The fourth-order valence-corrected chi connectivity index (χ4v) is 3.47. The highest BCUT2D eigenvalue weighted by atomic mass is 16.5. The molecule has 1 aromatic carbocycles. The maximum Gasteiger partial charge on any atom is 0.143 e. The third-order valence-electron chi connectivity index (χ3n) is 4.72. The summed E-state index contributed by atoms with van der Waals surface area (Å²) in [7, 11) is 0. The van der Waals surface area contributed by atoms with Crippen LogP contribution in [-0.2, 0) is 4.79 Å². The number of hydrogen-bond acceptors (Lipinski definition) is 2. The minimum Gasteiger partial charge on any atom is -0.493 e. The van der Waals surface area contributed by atoms with E-state index >= 15 is 0 Å². The molecule has 0 amide bonds. The molecule has 1 aromatic rings. The third kappa shape index (κ3) is 2.54. The van der Waals surface area contributed by atoms with Crippen LogP contribution in [0.5, 0.6) is 5.75 Å². The molecule has 0 radical (unpaired) electrons. The molecule has 1 saturated carbocycles. The van der Waals surface area contributed by atoms with Crippen molar-refractivity contribution in [1.82, 2.24) is 0 Å². The van der Waals surface area contributed by atoms with Crippen LogP contribution in [0.1, 0.15) is 50.5 Å². The molecule has 102 valence electrons. The first kappa shape index (κ1) is 12.7. The van der Waals surface area contributed by atoms with Crippen LogP contribution < -0.4 is 4.74 Å². The largest absolute Gasteiger partial charge is 0.493 e. The van der Waals surface area contributed by atoms with Crippen molar-refractivity contribution in [2.24, 2.45) is 11.8 Å². The minimum absolute atomic E-state index is 0.0726. The van der Waals surface area contributed by atoms with Gasteiger partial charge in [-0.15, -0.1) is 0 Å². The van der Waals surface area contributed by atoms with Gasteiger partial charge in [0.15, 0.2) is 0 Å². The SMILES string of the molecule is CC1CCC(C(=O)C2CCOc3ccccc32)CC1. The summed E-state index contributed by atoms with van der Waals surface area (Å²) < 4.78 is 5.66. The Labute approximate surface area is 115 Å². The lowest BCUT2D eigenvalue weighted by molar-refractivity contribution is -0.126. The van der Waals surface area contributed by atoms with E-state index in [-0.39, 0.29) is 11.8 Å². The van der Waals surface area contributed by atoms with Crippen LogP contribution in [-0.4, -0.2) is 12.4 Å². The molecule has 0 bridgehead atoms. The zero-order valence-electron chi connectivity index (χ0n) is 11.6. The Morgan fingerprint density at radius 3 is 2.63 bits per heavy atom. The van der Waals surface area contributed by atoms with E-state index in [1.807, 2.05) is 18.2 Å². The Morgan fingerprint density at radius 1 is 1.11 bits per heavy atom. The first-order valence-corrected chi connectivity index (χ1v) is 7.51. The molecule has 2 aliphatic rings. The zero-order valence-corrected chi connectivity index (χ0v) is 11.6. The highest BCUT2D eigenvalue weighted by molar-refractivity contribution is 5.88. The summed E-state index contributed by atoms with van der Waals surface area (Å²) in [5.74, 6) is 2.53. The van der Waals surface area contributed by atoms with E-state index in [0.29, 0.717) is 12.4 Å². The molecule has 2 nitrogen and oxygen atoms in total. The minimum atomic E-state index is 0.0726. The average Bonchev–Trinajstić information content (AvgIpc) is 2.47. The summed E-state index contributed by atoms with van der Waals surface area (Å²) in [6.45, 7) is 2.97. The summed E-state index contributed by atoms with van der Waals surface area (Å²) >= 11 is 0. The fraction of sp³-hybridized carbons (Fsp3) is 0.588. The first-order valence-electron chi connectivity index (χ1n) is 7.51. The Hall–Kier alpha value is -1.31. The van der Waals surface area contributed by atoms with Gasteiger partial charge in [-0.2, -0.15) is 0 Å². The maximum atomic E-state index is 12.8. The normalized spacial score (nSPS) is 30.3. The number of rotatable bonds is 2. The van der Waals surface area contributed by atoms with E-state index in [4.69, 9.17) is 4.74 Å². The van der Waals surface area contributed by atoms with Gasteiger partial charge in [-0.1, -0.05) is 38.0 Å². The van der Waals surface area contributed by atoms with E-state index in [2.05, 4.69) is 13.0 Å². The number of carbonyl (C=O) groups is 1. The number of Topliss-reactive ketones (excluding diaryl/α,β-unsaturated/α-hetero) is 1. The van der Waals surface area contributed by atoms with Crippen molar-refractivity contribution < 1.29 is 9.53 Å². The van der Waals surface area contributed by atoms with Gasteiger partial charge in [0.05, 0.1) is 6.61 Å². The Balaban J connectivity index is 1.78. The highest BCUT2D eigenvalue weighted by Gasteiger charge is 2.33. The quantitative estimate of drug-likeness (QED) is 0.803. The molecule has 1 heterocycles. The van der Waals surface area contributed by atoms with E-state index in [9.17, 15) is 4.79 Å². The second-order valence-corrected chi connectivity index (χ2v) is 6.09. The van der Waals surface area contributed by atoms with Crippen LogP contribution in [0.3, 0.4) is 0 Å². The fourth-order valence-electron chi connectivity index (χ4n) is 3.47. The van der Waals surface area contributed by atoms with Gasteiger partial charge < -0.3 is 4.74 Å². The molecule has 19 heavy (non-hydrogen) atoms. The molecule has 3 rings (SSSR count). The average molecular weight is 258 g/mol. The number of fused-ring (bicyclic) bond motifs is 1. The van der Waals surface area contributed by atoms with E-state index in [1.165, 1.54) is 12.8 Å². The number of hydrogen-bond donors (Lipinski definition) is 0. The van der Waals surface area contributed by atoms with E-state index < -0.39 is 0 Å². The van der Waals surface area contributed by atoms with Crippen LogP contribution in [0, 0.1) is 11.8 Å². The standard InChI is InChI=1S/C17H22O2/c1-12-6-8-13(9-7-12)17(18)15-10-11-19-16-5-3-2-4-14(15)16/h2-5,12-13,15H,6-11H2,1H3. The van der Waals surface area contributed by atoms with Crippen molar-refractivity contribution in [2.75, 3.05) is 6.61 Å². The maximum absolute atomic E-state index is 12.8. The van der Waals surface area contributed by atoms with Crippen LogP contribution in [0.2, 0.25) is 0 Å². The lowest BCUT2D eigenvalue weighted by Crippen LogP contribution is -2.29. The number of ether oxygens (including phenoxy) is 1. The molecule has 1 aliphatic heterocycles. The second-order valence-electron chi connectivity index (χ2n) is 6.09. The van der Waals surface area contributed by atoms with Gasteiger partial charge in [-0.05, 0) is 31.2 Å². The van der Waals surface area contributed by atoms with Crippen molar-refractivity contribution in [3.8, 4) is 5.75 Å². The summed E-state index contributed by atoms with van der Waals surface area (Å²) in [5, 5.41) is 0. The van der Waals surface area contributed by atoms with Crippen molar-refractivity contribution in [3.63, 3.8) is 0 Å². The number of para-hydroxylation sites is 1. The molecule has 1 aliphatic carbocycles. The lowest BCUT2D eigenvalue weighted by atomic mass is 9.75. The zero-order chi connectivity index (χ0) is 13.2. The molecule has 0 spiro atoms. The molecular formula is C17H22O2. The summed E-state index contributed by atoms with van der Waals surface area (Å²) in [6.07, 6.45) is 5.43. The molecule has 0 aromatic heterocycles. The first-order chi connectivity index (χ1) is 9.25. The molecular weight excluding hydrogens is 236 g/mol. The van der Waals surface area contributed by atoms with Crippen LogP contribution >= 0.6 is 0 Å². The molecule has 0 saturated heterocycles. The Morgan fingerprint density at radius 2 is 1.84 bits per heavy atom. The Bertz CT molecular complexity index is 458. The van der Waals surface area contributed by atoms with E-state index in [0.717, 1.165) is 36.5 Å². The van der Waals surface area contributed by atoms with Gasteiger partial charge in [-0.3, -0.25) is 4.79 Å². The van der Waals surface area contributed by atoms with Gasteiger partial charge >= 0.3 is 0 Å². The van der Waals surface area contributed by atoms with Crippen molar-refractivity contribution in [3.05, 3.63) is 29.8 Å². The molecule has 2 heteroatoms. The molecule has 1 unspecified atom stereocenters. The smallest absolute Gasteiger partial charge is 0.143 e. The van der Waals surface area contributed by atoms with Crippen LogP contribution in [0.15, 0.2) is 24.3 Å². The number of carbonyl (C=O) groups excluding carboxylic acids is 1. The van der Waals surface area contributed by atoms with Gasteiger partial charge in [0.25, 0.3) is 0 Å². The number of benzene rings is 1. The van der Waals surface area contributed by atoms with Crippen LogP contribution in [0.25, 0.3) is 0 Å². The summed E-state index contributed by atoms with van der Waals surface area (Å²) in [4.78, 5) is 12.8. The molecule has 0 N–H and O–H groups in total. The van der Waals surface area contributed by atoms with Gasteiger partial charge in [0.1, 0.15) is 11.5 Å². The predicted octanol–water partition coefficient (Wildman–Crippen LogP) is 3.95. The highest BCUT2D eigenvalue weighted by Crippen LogP contribution is 2.39. The van der Waals surface area contributed by atoms with Gasteiger partial charge in [-0.25, -0.2) is 0 Å². The Kier molecular flexibility index (Phi) is 3.58. The molecule has 1 atom stereocenters. The summed E-state index contributed by atoms with van der Waals surface area (Å²) in [6, 6.07) is 8.03. The van der Waals surface area contributed by atoms with Crippen molar-refractivity contribution >= 4 is 5.78 Å². The third-order valence-corrected chi connectivity index (χ3v) is 4.72. The predicted molar refractivity (Wildman–Crippen MR) is 75.4 cm³/mol. The van der Waals surface area contributed by atoms with E-state index in [1.54, 1.807) is 0 Å². The summed E-state index contributed by atoms with van der Waals surface area (Å²) in [5.41, 5.74) is 1.11. The topological polar surface area (TPSA) is 26.3 Å². The van der Waals surface area contributed by atoms with Crippen LogP contribution in [0.4, 0.5) is 0 Å².